The van der Waals surface area contributed by atoms with E-state index in [-0.39, 0.29) is 0 Å². The predicted molar refractivity (Wildman–Crippen MR) is 79.9 cm³/mol. The largest absolute Gasteiger partial charge is 0.491 e. The maximum atomic E-state index is 10.1. The first-order chi connectivity index (χ1) is 9.56. The first kappa shape index (κ1) is 15.3. The molecule has 0 bridgehead atoms. The van der Waals surface area contributed by atoms with Crippen molar-refractivity contribution in [3.63, 3.8) is 0 Å². The molecule has 112 valence electrons. The van der Waals surface area contributed by atoms with Crippen molar-refractivity contribution in [2.45, 2.75) is 58.2 Å². The van der Waals surface area contributed by atoms with Gasteiger partial charge in [0.25, 0.3) is 0 Å². The molecule has 2 rings (SSSR count). The average molecular weight is 278 g/mol. The maximum absolute atomic E-state index is 10.1. The van der Waals surface area contributed by atoms with Crippen molar-refractivity contribution in [3.8, 4) is 5.75 Å². The van der Waals surface area contributed by atoms with E-state index in [0.717, 1.165) is 17.5 Å². The van der Waals surface area contributed by atoms with E-state index in [1.165, 1.54) is 25.7 Å². The molecule has 1 aliphatic rings. The minimum absolute atomic E-state index is 0.305. The second-order valence-electron chi connectivity index (χ2n) is 6.07. The summed E-state index contributed by atoms with van der Waals surface area (Å²) in [4.78, 5) is 0. The Balaban J connectivity index is 1.89. The van der Waals surface area contributed by atoms with Gasteiger partial charge in [-0.2, -0.15) is 0 Å². The third kappa shape index (κ3) is 4.22. The predicted octanol–water partition coefficient (Wildman–Crippen LogP) is 3.37. The molecule has 0 aliphatic heterocycles. The van der Waals surface area contributed by atoms with Crippen LogP contribution in [-0.4, -0.2) is 22.9 Å². The van der Waals surface area contributed by atoms with Gasteiger partial charge >= 0.3 is 0 Å². The Hall–Kier alpha value is -1.06. The van der Waals surface area contributed by atoms with E-state index in [1.54, 1.807) is 6.92 Å². The number of aliphatic hydroxyl groups is 2. The zero-order valence-corrected chi connectivity index (χ0v) is 12.5. The number of aryl methyl sites for hydroxylation is 1. The zero-order valence-electron chi connectivity index (χ0n) is 12.5. The summed E-state index contributed by atoms with van der Waals surface area (Å²) in [6, 6.07) is 5.77. The van der Waals surface area contributed by atoms with Crippen molar-refractivity contribution >= 4 is 0 Å². The van der Waals surface area contributed by atoms with Gasteiger partial charge in [0.2, 0.25) is 0 Å². The Kier molecular flexibility index (Phi) is 5.44. The molecule has 0 radical (unpaired) electrons. The Morgan fingerprint density at radius 2 is 1.95 bits per heavy atom. The molecule has 1 aromatic rings. The summed E-state index contributed by atoms with van der Waals surface area (Å²) >= 11 is 0. The van der Waals surface area contributed by atoms with E-state index in [0.29, 0.717) is 18.3 Å². The number of hydrogen-bond donors (Lipinski definition) is 2. The topological polar surface area (TPSA) is 49.7 Å². The van der Waals surface area contributed by atoms with Crippen LogP contribution < -0.4 is 4.74 Å². The van der Waals surface area contributed by atoms with Gasteiger partial charge < -0.3 is 14.9 Å². The second kappa shape index (κ2) is 7.09. The van der Waals surface area contributed by atoms with Crippen molar-refractivity contribution in [3.05, 3.63) is 29.3 Å². The number of aliphatic hydroxyl groups excluding tert-OH is 2. The summed E-state index contributed by atoms with van der Waals surface area (Å²) in [6.07, 6.45) is 4.92. The molecule has 0 spiro atoms. The number of hydrogen-bond acceptors (Lipinski definition) is 3. The fraction of sp³-hybridized carbons (Fsp3) is 0.647. The molecular weight excluding hydrogens is 252 g/mol. The minimum Gasteiger partial charge on any atom is -0.491 e. The molecule has 2 N–H and O–H groups in total. The molecule has 0 amide bonds. The van der Waals surface area contributed by atoms with Gasteiger partial charge in [0.1, 0.15) is 12.4 Å². The Labute approximate surface area is 121 Å². The van der Waals surface area contributed by atoms with Crippen LogP contribution in [0.5, 0.6) is 5.75 Å². The fourth-order valence-corrected chi connectivity index (χ4v) is 3.01. The first-order valence-electron chi connectivity index (χ1n) is 7.65. The smallest absolute Gasteiger partial charge is 0.125 e. The van der Waals surface area contributed by atoms with Gasteiger partial charge in [-0.25, -0.2) is 0 Å². The van der Waals surface area contributed by atoms with E-state index in [1.807, 2.05) is 25.1 Å². The normalized spacial score (nSPS) is 19.0. The summed E-state index contributed by atoms with van der Waals surface area (Å²) in [7, 11) is 0. The molecule has 0 saturated heterocycles. The Bertz CT molecular complexity index is 422. The Morgan fingerprint density at radius 3 is 2.60 bits per heavy atom. The quantitative estimate of drug-likeness (QED) is 0.839. The van der Waals surface area contributed by atoms with Crippen LogP contribution >= 0.6 is 0 Å². The summed E-state index contributed by atoms with van der Waals surface area (Å²) in [5.74, 6) is 1.33. The van der Waals surface area contributed by atoms with Crippen LogP contribution in [0.1, 0.15) is 56.3 Å². The van der Waals surface area contributed by atoms with Crippen LogP contribution in [0.3, 0.4) is 0 Å². The van der Waals surface area contributed by atoms with Crippen molar-refractivity contribution in [1.82, 2.24) is 0 Å². The lowest BCUT2D eigenvalue weighted by atomic mass is 10.0. The summed E-state index contributed by atoms with van der Waals surface area (Å²) in [6.45, 7) is 4.03. The third-order valence-corrected chi connectivity index (χ3v) is 4.13. The van der Waals surface area contributed by atoms with Gasteiger partial charge in [0.05, 0.1) is 12.2 Å². The van der Waals surface area contributed by atoms with E-state index < -0.39 is 12.2 Å². The molecule has 3 heteroatoms. The monoisotopic (exact) mass is 278 g/mol. The van der Waals surface area contributed by atoms with E-state index in [2.05, 4.69) is 0 Å². The number of benzene rings is 1. The number of rotatable bonds is 6. The highest BCUT2D eigenvalue weighted by atomic mass is 16.5. The van der Waals surface area contributed by atoms with Crippen molar-refractivity contribution in [2.75, 3.05) is 6.61 Å². The SMILES string of the molecule is Cc1ccc(OCC(O)CC2CCCC2)c([C@@H](C)O)c1. The van der Waals surface area contributed by atoms with Gasteiger partial charge in [-0.1, -0.05) is 37.3 Å². The van der Waals surface area contributed by atoms with Gasteiger partial charge in [-0.15, -0.1) is 0 Å². The molecule has 1 fully saturated rings. The van der Waals surface area contributed by atoms with Crippen LogP contribution in [-0.2, 0) is 0 Å². The molecule has 1 saturated carbocycles. The van der Waals surface area contributed by atoms with Gasteiger partial charge in [-0.3, -0.25) is 0 Å². The molecule has 1 aromatic carbocycles. The van der Waals surface area contributed by atoms with Crippen molar-refractivity contribution < 1.29 is 14.9 Å². The molecule has 1 aliphatic carbocycles. The van der Waals surface area contributed by atoms with Crippen LogP contribution in [0.2, 0.25) is 0 Å². The molecule has 20 heavy (non-hydrogen) atoms. The second-order valence-corrected chi connectivity index (χ2v) is 6.07. The highest BCUT2D eigenvalue weighted by Crippen LogP contribution is 2.30. The van der Waals surface area contributed by atoms with Gasteiger partial charge in [0.15, 0.2) is 0 Å². The third-order valence-electron chi connectivity index (χ3n) is 4.13. The highest BCUT2D eigenvalue weighted by molar-refractivity contribution is 5.38. The van der Waals surface area contributed by atoms with Crippen molar-refractivity contribution in [2.24, 2.45) is 5.92 Å². The average Bonchev–Trinajstić information content (AvgIpc) is 2.90. The van der Waals surface area contributed by atoms with Crippen LogP contribution in [0, 0.1) is 12.8 Å². The summed E-state index contributed by atoms with van der Waals surface area (Å²) in [5, 5.41) is 19.8. The Morgan fingerprint density at radius 1 is 1.25 bits per heavy atom. The van der Waals surface area contributed by atoms with Gasteiger partial charge in [0, 0.05) is 5.56 Å². The fourth-order valence-electron chi connectivity index (χ4n) is 3.01. The lowest BCUT2D eigenvalue weighted by molar-refractivity contribution is 0.0832. The van der Waals surface area contributed by atoms with E-state index in [9.17, 15) is 10.2 Å². The highest BCUT2D eigenvalue weighted by Gasteiger charge is 2.19. The molecular formula is C17H26O3. The number of ether oxygens (including phenoxy) is 1. The van der Waals surface area contributed by atoms with Gasteiger partial charge in [-0.05, 0) is 38.3 Å². The van der Waals surface area contributed by atoms with Crippen LogP contribution in [0.25, 0.3) is 0 Å². The van der Waals surface area contributed by atoms with Crippen LogP contribution in [0.15, 0.2) is 18.2 Å². The maximum Gasteiger partial charge on any atom is 0.125 e. The molecule has 0 heterocycles. The lowest BCUT2D eigenvalue weighted by Crippen LogP contribution is -2.21. The van der Waals surface area contributed by atoms with Crippen LogP contribution in [0.4, 0.5) is 0 Å². The van der Waals surface area contributed by atoms with E-state index >= 15 is 0 Å². The van der Waals surface area contributed by atoms with E-state index in [4.69, 9.17) is 4.74 Å². The summed E-state index contributed by atoms with van der Waals surface area (Å²) < 4.78 is 5.72. The molecule has 2 atom stereocenters. The minimum atomic E-state index is -0.558. The lowest BCUT2D eigenvalue weighted by Gasteiger charge is -2.18. The molecule has 0 aromatic heterocycles. The molecule has 3 nitrogen and oxygen atoms in total. The standard InChI is InChI=1S/C17H26O3/c1-12-7-8-17(16(9-12)13(2)18)20-11-15(19)10-14-5-3-4-6-14/h7-9,13-15,18-19H,3-6,10-11H2,1-2H3/t13-,15?/m1/s1. The molecule has 1 unspecified atom stereocenters. The zero-order chi connectivity index (χ0) is 14.5. The first-order valence-corrected chi connectivity index (χ1v) is 7.65. The summed E-state index contributed by atoms with van der Waals surface area (Å²) in [5.41, 5.74) is 1.89. The van der Waals surface area contributed by atoms with Crippen molar-refractivity contribution in [1.29, 1.82) is 0 Å².